The molecule has 0 radical (unpaired) electrons. The highest BCUT2D eigenvalue weighted by molar-refractivity contribution is 7.98. The molecule has 578 valence electrons. The molecular formula is C74H104N20O12S. The molecule has 1 aliphatic carbocycles. The lowest BCUT2D eigenvalue weighted by Gasteiger charge is -2.31. The van der Waals surface area contributed by atoms with Crippen molar-refractivity contribution in [3.05, 3.63) is 132 Å². The number of rotatable bonds is 43. The van der Waals surface area contributed by atoms with Crippen LogP contribution in [-0.4, -0.2) is 198 Å². The number of hydrogen-bond donors (Lipinski definition) is 17. The quantitative estimate of drug-likeness (QED) is 0.0147. The molecule has 1 aliphatic heterocycles. The van der Waals surface area contributed by atoms with E-state index in [1.807, 2.05) is 78.9 Å². The zero-order valence-electron chi connectivity index (χ0n) is 60.8. The first kappa shape index (κ1) is 83.3. The van der Waals surface area contributed by atoms with Crippen molar-refractivity contribution in [2.45, 2.75) is 164 Å². The van der Waals surface area contributed by atoms with Crippen LogP contribution in [0.4, 0.5) is 4.79 Å². The van der Waals surface area contributed by atoms with Gasteiger partial charge in [0.1, 0.15) is 61.0 Å². The summed E-state index contributed by atoms with van der Waals surface area (Å²) in [6.07, 6.45) is 3.91. The molecule has 7 rings (SSSR count). The topological polar surface area (TPSA) is 535 Å². The van der Waals surface area contributed by atoms with Gasteiger partial charge in [-0.25, -0.2) is 9.59 Å². The SMILES string of the molecule is CSCC[C@H](NC(=O)[C@H](Cc1c[nH]c2ccccc12)NC(=O)[C@H](Cc1ccccc1)NC(=O)OCC1c2ccccc2-c2ccccc21)C(=O)N[C@@H](CCCN=C(N)N)C(=O)N[C@@H](CCCN=C(N)N)C(=O)N[C@@H](CCCCN)C(=O)N[C@@H](CCCN=C(N)N)C(=O)N[C@H](C(=O)N1CCC[C@H]1C(=O)O)C(C)C. The predicted octanol–water partition coefficient (Wildman–Crippen LogP) is 1.03. The van der Waals surface area contributed by atoms with E-state index in [-0.39, 0.29) is 134 Å². The van der Waals surface area contributed by atoms with Crippen molar-refractivity contribution in [3.63, 3.8) is 0 Å². The highest BCUT2D eigenvalue weighted by Crippen LogP contribution is 2.44. The Morgan fingerprint density at radius 1 is 0.542 bits per heavy atom. The maximum Gasteiger partial charge on any atom is 0.407 e. The summed E-state index contributed by atoms with van der Waals surface area (Å²) in [7, 11) is 0. The molecule has 9 amide bonds. The van der Waals surface area contributed by atoms with E-state index in [1.165, 1.54) is 16.7 Å². The summed E-state index contributed by atoms with van der Waals surface area (Å²) < 4.78 is 5.93. The number of para-hydroxylation sites is 1. The Balaban J connectivity index is 1.13. The Morgan fingerprint density at radius 3 is 1.47 bits per heavy atom. The third kappa shape index (κ3) is 25.4. The number of carbonyl (C=O) groups is 10. The van der Waals surface area contributed by atoms with Gasteiger partial charge in [0.2, 0.25) is 47.3 Å². The minimum atomic E-state index is -1.46. The number of fused-ring (bicyclic) bond motifs is 4. The average Bonchev–Trinajstić information content (AvgIpc) is 1.62. The van der Waals surface area contributed by atoms with Crippen LogP contribution >= 0.6 is 11.8 Å². The number of aromatic nitrogens is 1. The number of aliphatic imine (C=N–C) groups is 3. The van der Waals surface area contributed by atoms with Gasteiger partial charge >= 0.3 is 12.1 Å². The van der Waals surface area contributed by atoms with Crippen molar-refractivity contribution in [2.24, 2.45) is 61.0 Å². The number of carbonyl (C=O) groups excluding carboxylic acids is 9. The zero-order valence-corrected chi connectivity index (χ0v) is 61.6. The van der Waals surface area contributed by atoms with E-state index in [0.717, 1.165) is 33.2 Å². The van der Waals surface area contributed by atoms with Crippen molar-refractivity contribution in [3.8, 4) is 11.1 Å². The number of nitrogens with zero attached hydrogens (tertiary/aromatic N) is 4. The third-order valence-corrected chi connectivity index (χ3v) is 19.2. The fourth-order valence-electron chi connectivity index (χ4n) is 13.0. The van der Waals surface area contributed by atoms with Crippen LogP contribution in [0.2, 0.25) is 0 Å². The fraction of sp³-hybridized carbons (Fsp3) is 0.473. The number of ether oxygens (including phenoxy) is 1. The van der Waals surface area contributed by atoms with E-state index in [0.29, 0.717) is 36.1 Å². The Kier molecular flexibility index (Phi) is 32.9. The van der Waals surface area contributed by atoms with Crippen molar-refractivity contribution in [1.29, 1.82) is 0 Å². The van der Waals surface area contributed by atoms with E-state index in [1.54, 1.807) is 50.6 Å². The second-order valence-electron chi connectivity index (χ2n) is 26.8. The summed E-state index contributed by atoms with van der Waals surface area (Å²) in [5.74, 6) is -8.72. The maximum atomic E-state index is 15.2. The zero-order chi connectivity index (χ0) is 77.5. The first-order chi connectivity index (χ1) is 51.4. The van der Waals surface area contributed by atoms with Gasteiger partial charge in [0, 0.05) is 62.0 Å². The molecule has 107 heavy (non-hydrogen) atoms. The van der Waals surface area contributed by atoms with Crippen LogP contribution in [-0.2, 0) is 60.7 Å². The number of aliphatic carboxylic acids is 1. The number of thioether (sulfide) groups is 1. The van der Waals surface area contributed by atoms with Gasteiger partial charge in [0.05, 0.1) is 0 Å². The largest absolute Gasteiger partial charge is 0.480 e. The number of aromatic amines is 1. The van der Waals surface area contributed by atoms with E-state index in [2.05, 4.69) is 62.5 Å². The molecule has 1 saturated heterocycles. The molecule has 24 N–H and O–H groups in total. The van der Waals surface area contributed by atoms with E-state index in [9.17, 15) is 43.5 Å². The highest BCUT2D eigenvalue weighted by Gasteiger charge is 2.41. The van der Waals surface area contributed by atoms with Crippen molar-refractivity contribution < 1.29 is 57.8 Å². The van der Waals surface area contributed by atoms with Crippen molar-refractivity contribution >= 4 is 99.9 Å². The molecule has 2 heterocycles. The minimum absolute atomic E-state index is 0.00134. The number of nitrogens with one attached hydrogen (secondary N) is 9. The van der Waals surface area contributed by atoms with Gasteiger partial charge in [-0.15, -0.1) is 0 Å². The number of hydrogen-bond acceptors (Lipinski definition) is 16. The number of carboxylic acids is 1. The van der Waals surface area contributed by atoms with Crippen LogP contribution in [0.5, 0.6) is 0 Å². The number of carboxylic acid groups (broad SMARTS) is 1. The van der Waals surface area contributed by atoms with Crippen molar-refractivity contribution in [2.75, 3.05) is 51.3 Å². The lowest BCUT2D eigenvalue weighted by molar-refractivity contribution is -0.150. The molecule has 9 atom stereocenters. The smallest absolute Gasteiger partial charge is 0.407 e. The summed E-state index contributed by atoms with van der Waals surface area (Å²) in [5.41, 5.74) is 45.9. The number of amides is 9. The number of nitrogens with two attached hydrogens (primary N) is 7. The molecule has 4 aromatic carbocycles. The molecule has 32 nitrogen and oxygen atoms in total. The fourth-order valence-corrected chi connectivity index (χ4v) is 13.5. The Labute approximate surface area is 626 Å². The molecule has 0 unspecified atom stereocenters. The van der Waals surface area contributed by atoms with Gasteiger partial charge < -0.3 is 102 Å². The van der Waals surface area contributed by atoms with Crippen LogP contribution in [0.3, 0.4) is 0 Å². The number of unbranched alkanes of at least 4 members (excludes halogenated alkanes) is 1. The van der Waals surface area contributed by atoms with Gasteiger partial charge in [-0.3, -0.25) is 53.3 Å². The molecular weight excluding hydrogens is 1390 g/mol. The normalized spacial score (nSPS) is 15.2. The second kappa shape index (κ2) is 42.3. The number of alkyl carbamates (subject to hydrolysis) is 1. The summed E-state index contributed by atoms with van der Waals surface area (Å²) in [4.78, 5) is 161. The van der Waals surface area contributed by atoms with Gasteiger partial charge in [-0.2, -0.15) is 11.8 Å². The van der Waals surface area contributed by atoms with Crippen LogP contribution in [0.1, 0.15) is 119 Å². The van der Waals surface area contributed by atoms with Gasteiger partial charge in [-0.05, 0) is 141 Å². The van der Waals surface area contributed by atoms with E-state index >= 15 is 9.59 Å². The van der Waals surface area contributed by atoms with Crippen LogP contribution in [0.25, 0.3) is 22.0 Å². The van der Waals surface area contributed by atoms with Gasteiger partial charge in [0.15, 0.2) is 17.9 Å². The molecule has 1 fully saturated rings. The maximum absolute atomic E-state index is 15.2. The molecule has 33 heteroatoms. The second-order valence-corrected chi connectivity index (χ2v) is 27.8. The number of H-pyrrole nitrogens is 1. The monoisotopic (exact) mass is 1500 g/mol. The number of guanidine groups is 3. The summed E-state index contributed by atoms with van der Waals surface area (Å²) in [5, 5.41) is 33.0. The molecule has 0 spiro atoms. The minimum Gasteiger partial charge on any atom is -0.480 e. The Hall–Kier alpha value is -11.0. The lowest BCUT2D eigenvalue weighted by atomic mass is 9.98. The summed E-state index contributed by atoms with van der Waals surface area (Å²) in [6, 6.07) is 20.1. The number of benzene rings is 4. The van der Waals surface area contributed by atoms with Crippen LogP contribution in [0.15, 0.2) is 124 Å². The van der Waals surface area contributed by atoms with Crippen LogP contribution in [0, 0.1) is 5.92 Å². The average molecular weight is 1500 g/mol. The van der Waals surface area contributed by atoms with Gasteiger partial charge in [-0.1, -0.05) is 111 Å². The standard InChI is InChI=1S/C74H104N20O12S/c1-43(2)61(69(102)94-37-18-31-60(94)70(103)104)93-66(99)56(30-17-36-84-73(80)81)89-62(95)53(27-13-14-33-75)86-63(96)54(28-15-34-82-71(76)77)87-64(97)55(29-16-35-83-72(78)79)88-65(98)57(32-38-107-3)90-68(101)59(40-45-41-85-52-26-12-11-21-46(45)52)91-67(100)58(39-44-19-5-4-6-20-44)92-74(105)106-42-51-49-24-9-7-22-47(49)48-23-8-10-25-50(48)51/h4-12,19-26,41,43,51,53-61,85H,13-18,27-40,42,75H2,1-3H3,(H,86,96)(H,87,97)(H,88,98)(H,89,95)(H,90,101)(H,91,100)(H,92,105)(H,93,99)(H,103,104)(H4,76,77,82)(H4,78,79,83)(H4,80,81,84)/t53-,54-,55-,56-,57-,58-,59-,60-,61-/m0/s1. The number of likely N-dealkylation sites (tertiary alicyclic amines) is 1. The van der Waals surface area contributed by atoms with E-state index < -0.39 is 120 Å². The van der Waals surface area contributed by atoms with Crippen molar-refractivity contribution in [1.82, 2.24) is 52.4 Å². The Morgan fingerprint density at radius 2 is 0.981 bits per heavy atom. The molecule has 0 saturated carbocycles. The van der Waals surface area contributed by atoms with E-state index in [4.69, 9.17) is 44.9 Å². The predicted molar refractivity (Wildman–Crippen MR) is 411 cm³/mol. The lowest BCUT2D eigenvalue weighted by Crippen LogP contribution is -2.61. The summed E-state index contributed by atoms with van der Waals surface area (Å²) in [6.45, 7) is 3.73. The van der Waals surface area contributed by atoms with Crippen LogP contribution < -0.4 is 82.7 Å². The first-order valence-electron chi connectivity index (χ1n) is 36.1. The summed E-state index contributed by atoms with van der Waals surface area (Å²) >= 11 is 1.37. The third-order valence-electron chi connectivity index (χ3n) is 18.6. The molecule has 1 aromatic heterocycles. The first-order valence-corrected chi connectivity index (χ1v) is 37.5. The Bertz CT molecular complexity index is 3890. The molecule has 2 aliphatic rings. The molecule has 5 aromatic rings. The van der Waals surface area contributed by atoms with Gasteiger partial charge in [0.25, 0.3) is 0 Å². The molecule has 0 bridgehead atoms. The highest BCUT2D eigenvalue weighted by atomic mass is 32.2.